The minimum Gasteiger partial charge on any atom is -0.310 e. The average Bonchev–Trinajstić information content (AvgIpc) is 3.19. The Morgan fingerprint density at radius 1 is 1.11 bits per heavy atom. The van der Waals surface area contributed by atoms with E-state index >= 15 is 0 Å². The van der Waals surface area contributed by atoms with Crippen LogP contribution in [0.2, 0.25) is 0 Å². The molecule has 19 heavy (non-hydrogen) atoms. The van der Waals surface area contributed by atoms with Gasteiger partial charge in [-0.05, 0) is 54.7 Å². The van der Waals surface area contributed by atoms with E-state index < -0.39 is 0 Å². The lowest BCUT2D eigenvalue weighted by molar-refractivity contribution is 0.432. The van der Waals surface area contributed by atoms with E-state index in [9.17, 15) is 0 Å². The van der Waals surface area contributed by atoms with Crippen molar-refractivity contribution in [1.82, 2.24) is 5.32 Å². The van der Waals surface area contributed by atoms with Crippen molar-refractivity contribution in [2.45, 2.75) is 58.9 Å². The van der Waals surface area contributed by atoms with Gasteiger partial charge in [0.1, 0.15) is 0 Å². The predicted molar refractivity (Wildman–Crippen MR) is 83.4 cm³/mol. The van der Waals surface area contributed by atoms with Gasteiger partial charge in [-0.25, -0.2) is 0 Å². The molecule has 2 atom stereocenters. The molecule has 0 spiro atoms. The molecule has 1 nitrogen and oxygen atoms in total. The Morgan fingerprint density at radius 3 is 2.16 bits per heavy atom. The summed E-state index contributed by atoms with van der Waals surface area (Å²) in [6, 6.07) is 9.56. The molecule has 0 amide bonds. The maximum absolute atomic E-state index is 3.68. The minimum absolute atomic E-state index is 0.246. The van der Waals surface area contributed by atoms with Crippen molar-refractivity contribution in [2.24, 2.45) is 11.8 Å². The van der Waals surface area contributed by atoms with Gasteiger partial charge in [-0.3, -0.25) is 0 Å². The quantitative estimate of drug-likeness (QED) is 0.809. The fraction of sp³-hybridized carbons (Fsp3) is 0.667. The fourth-order valence-electron chi connectivity index (χ4n) is 2.58. The van der Waals surface area contributed by atoms with Crippen molar-refractivity contribution in [3.05, 3.63) is 35.4 Å². The Labute approximate surface area is 118 Å². The normalized spacial score (nSPS) is 19.2. The zero-order chi connectivity index (χ0) is 14.0. The van der Waals surface area contributed by atoms with Gasteiger partial charge in [-0.1, -0.05) is 52.0 Å². The lowest BCUT2D eigenvalue weighted by atomic mass is 9.86. The van der Waals surface area contributed by atoms with E-state index in [1.807, 2.05) is 0 Å². The van der Waals surface area contributed by atoms with Crippen molar-refractivity contribution >= 4 is 0 Å². The second kappa shape index (κ2) is 5.66. The summed E-state index contributed by atoms with van der Waals surface area (Å²) >= 11 is 0. The monoisotopic (exact) mass is 259 g/mol. The fourth-order valence-corrected chi connectivity index (χ4v) is 2.58. The molecule has 0 radical (unpaired) electrons. The molecule has 1 aliphatic rings. The second-order valence-corrected chi connectivity index (χ2v) is 7.32. The molecule has 1 aromatic carbocycles. The Bertz CT molecular complexity index is 395. The summed E-state index contributed by atoms with van der Waals surface area (Å²) in [5, 5.41) is 3.68. The second-order valence-electron chi connectivity index (χ2n) is 7.32. The predicted octanol–water partition coefficient (Wildman–Crippen LogP) is 4.68. The number of rotatable bonds is 5. The molecule has 106 valence electrons. The van der Waals surface area contributed by atoms with Gasteiger partial charge in [0.2, 0.25) is 0 Å². The highest BCUT2D eigenvalue weighted by Gasteiger charge is 2.27. The summed E-state index contributed by atoms with van der Waals surface area (Å²) in [4.78, 5) is 0. The molecule has 1 heteroatoms. The van der Waals surface area contributed by atoms with Crippen LogP contribution in [0.15, 0.2) is 24.3 Å². The van der Waals surface area contributed by atoms with E-state index in [0.717, 1.165) is 18.4 Å². The zero-order valence-electron chi connectivity index (χ0n) is 13.2. The average molecular weight is 259 g/mol. The number of benzene rings is 1. The van der Waals surface area contributed by atoms with Crippen LogP contribution in [0.3, 0.4) is 0 Å². The SMILES string of the molecule is CC(NCC(C)C1CC1)c1ccc(C(C)(C)C)cc1. The van der Waals surface area contributed by atoms with E-state index in [0.29, 0.717) is 6.04 Å². The summed E-state index contributed by atoms with van der Waals surface area (Å²) in [5.41, 5.74) is 3.06. The first kappa shape index (κ1) is 14.6. The van der Waals surface area contributed by atoms with Crippen LogP contribution in [0.1, 0.15) is 64.6 Å². The molecule has 1 aliphatic carbocycles. The van der Waals surface area contributed by atoms with E-state index in [1.54, 1.807) is 0 Å². The van der Waals surface area contributed by atoms with Crippen LogP contribution in [-0.2, 0) is 5.41 Å². The lowest BCUT2D eigenvalue weighted by Gasteiger charge is -2.21. The van der Waals surface area contributed by atoms with Crippen LogP contribution < -0.4 is 5.32 Å². The smallest absolute Gasteiger partial charge is 0.0291 e. The third kappa shape index (κ3) is 4.07. The van der Waals surface area contributed by atoms with Gasteiger partial charge in [0, 0.05) is 6.04 Å². The molecule has 0 aliphatic heterocycles. The van der Waals surface area contributed by atoms with Crippen molar-refractivity contribution in [3.63, 3.8) is 0 Å². The minimum atomic E-state index is 0.246. The van der Waals surface area contributed by atoms with Gasteiger partial charge in [0.25, 0.3) is 0 Å². The number of hydrogen-bond donors (Lipinski definition) is 1. The molecule has 1 saturated carbocycles. The van der Waals surface area contributed by atoms with Crippen LogP contribution in [0.5, 0.6) is 0 Å². The summed E-state index contributed by atoms with van der Waals surface area (Å²) in [6.07, 6.45) is 2.88. The molecule has 2 rings (SSSR count). The van der Waals surface area contributed by atoms with Crippen LogP contribution >= 0.6 is 0 Å². The van der Waals surface area contributed by atoms with Crippen LogP contribution in [0.25, 0.3) is 0 Å². The molecule has 0 heterocycles. The summed E-state index contributed by atoms with van der Waals surface area (Å²) < 4.78 is 0. The van der Waals surface area contributed by atoms with Gasteiger partial charge in [-0.15, -0.1) is 0 Å². The molecule has 2 unspecified atom stereocenters. The summed E-state index contributed by atoms with van der Waals surface area (Å²) in [5.74, 6) is 1.82. The first-order chi connectivity index (χ1) is 8.88. The van der Waals surface area contributed by atoms with Crippen molar-refractivity contribution in [2.75, 3.05) is 6.54 Å². The molecule has 1 aromatic rings. The highest BCUT2D eigenvalue weighted by atomic mass is 14.9. The number of nitrogens with one attached hydrogen (secondary N) is 1. The topological polar surface area (TPSA) is 12.0 Å². The van der Waals surface area contributed by atoms with Crippen molar-refractivity contribution in [1.29, 1.82) is 0 Å². The third-order valence-corrected chi connectivity index (χ3v) is 4.45. The molecular weight excluding hydrogens is 230 g/mol. The summed E-state index contributed by atoms with van der Waals surface area (Å²) in [6.45, 7) is 12.6. The van der Waals surface area contributed by atoms with E-state index in [4.69, 9.17) is 0 Å². The first-order valence-electron chi connectivity index (χ1n) is 7.72. The van der Waals surface area contributed by atoms with E-state index in [1.165, 1.54) is 24.0 Å². The molecular formula is C18H29N. The standard InChI is InChI=1S/C18H29N/c1-13(15-6-7-15)12-19-14(2)16-8-10-17(11-9-16)18(3,4)5/h8-11,13-15,19H,6-7,12H2,1-5H3. The highest BCUT2D eigenvalue weighted by molar-refractivity contribution is 5.29. The van der Waals surface area contributed by atoms with Gasteiger partial charge in [0.15, 0.2) is 0 Å². The van der Waals surface area contributed by atoms with E-state index in [-0.39, 0.29) is 5.41 Å². The van der Waals surface area contributed by atoms with Gasteiger partial charge < -0.3 is 5.32 Å². The lowest BCUT2D eigenvalue weighted by Crippen LogP contribution is -2.25. The van der Waals surface area contributed by atoms with E-state index in [2.05, 4.69) is 64.2 Å². The molecule has 0 aromatic heterocycles. The van der Waals surface area contributed by atoms with Crippen LogP contribution in [0, 0.1) is 11.8 Å². The third-order valence-electron chi connectivity index (χ3n) is 4.45. The van der Waals surface area contributed by atoms with Crippen molar-refractivity contribution < 1.29 is 0 Å². The molecule has 0 saturated heterocycles. The maximum Gasteiger partial charge on any atom is 0.0291 e. The van der Waals surface area contributed by atoms with Gasteiger partial charge in [0.05, 0.1) is 0 Å². The molecule has 0 bridgehead atoms. The molecule has 1 fully saturated rings. The summed E-state index contributed by atoms with van der Waals surface area (Å²) in [7, 11) is 0. The van der Waals surface area contributed by atoms with Crippen molar-refractivity contribution in [3.8, 4) is 0 Å². The van der Waals surface area contributed by atoms with Crippen LogP contribution in [0.4, 0.5) is 0 Å². The van der Waals surface area contributed by atoms with Gasteiger partial charge in [-0.2, -0.15) is 0 Å². The van der Waals surface area contributed by atoms with Crippen LogP contribution in [-0.4, -0.2) is 6.54 Å². The zero-order valence-corrected chi connectivity index (χ0v) is 13.2. The maximum atomic E-state index is 3.68. The van der Waals surface area contributed by atoms with Gasteiger partial charge >= 0.3 is 0 Å². The largest absolute Gasteiger partial charge is 0.310 e. The number of hydrogen-bond acceptors (Lipinski definition) is 1. The first-order valence-corrected chi connectivity index (χ1v) is 7.72. The Kier molecular flexibility index (Phi) is 4.35. The highest BCUT2D eigenvalue weighted by Crippen LogP contribution is 2.36. The Morgan fingerprint density at radius 2 is 1.68 bits per heavy atom. The Hall–Kier alpha value is -0.820. The Balaban J connectivity index is 1.89. The molecule has 1 N–H and O–H groups in total.